The van der Waals surface area contributed by atoms with Crippen molar-refractivity contribution in [1.82, 2.24) is 10.6 Å². The van der Waals surface area contributed by atoms with Crippen molar-refractivity contribution >= 4 is 5.91 Å². The van der Waals surface area contributed by atoms with Crippen LogP contribution >= 0.6 is 0 Å². The van der Waals surface area contributed by atoms with E-state index in [-0.39, 0.29) is 12.0 Å². The van der Waals surface area contributed by atoms with Crippen molar-refractivity contribution in [2.45, 2.75) is 31.4 Å². The van der Waals surface area contributed by atoms with Crippen LogP contribution in [0.3, 0.4) is 0 Å². The fourth-order valence-corrected chi connectivity index (χ4v) is 1.85. The molecule has 5 nitrogen and oxygen atoms in total. The Morgan fingerprint density at radius 3 is 2.94 bits per heavy atom. The number of amides is 1. The van der Waals surface area contributed by atoms with Crippen LogP contribution in [0.1, 0.15) is 19.3 Å². The third-order valence-electron chi connectivity index (χ3n) is 2.81. The minimum absolute atomic E-state index is 0.0644. The molecule has 1 aliphatic rings. The summed E-state index contributed by atoms with van der Waals surface area (Å²) in [7, 11) is 3.24. The van der Waals surface area contributed by atoms with Crippen molar-refractivity contribution in [3.05, 3.63) is 0 Å². The lowest BCUT2D eigenvalue weighted by atomic mass is 10.1. The number of ether oxygens (including phenoxy) is 2. The smallest absolute Gasteiger partial charge is 0.221 e. The molecule has 0 radical (unpaired) electrons. The Balaban J connectivity index is 2.12. The maximum atomic E-state index is 11.6. The second-order valence-electron chi connectivity index (χ2n) is 4.11. The van der Waals surface area contributed by atoms with Gasteiger partial charge in [-0.3, -0.25) is 4.79 Å². The zero-order valence-corrected chi connectivity index (χ0v) is 10.1. The van der Waals surface area contributed by atoms with Crippen molar-refractivity contribution in [3.63, 3.8) is 0 Å². The summed E-state index contributed by atoms with van der Waals surface area (Å²) < 4.78 is 10.1. The summed E-state index contributed by atoms with van der Waals surface area (Å²) in [5.74, 6) is 0.0811. The summed E-state index contributed by atoms with van der Waals surface area (Å²) in [6, 6.07) is 0.350. The summed E-state index contributed by atoms with van der Waals surface area (Å²) in [6.07, 6.45) is 2.76. The Bertz CT molecular complexity index is 205. The van der Waals surface area contributed by atoms with Crippen molar-refractivity contribution in [2.75, 3.05) is 33.9 Å². The van der Waals surface area contributed by atoms with E-state index >= 15 is 0 Å². The van der Waals surface area contributed by atoms with Crippen LogP contribution in [-0.2, 0) is 14.3 Å². The maximum absolute atomic E-state index is 11.6. The summed E-state index contributed by atoms with van der Waals surface area (Å²) >= 11 is 0. The molecule has 1 amide bonds. The molecule has 94 valence electrons. The van der Waals surface area contributed by atoms with Crippen molar-refractivity contribution in [3.8, 4) is 0 Å². The number of hydrogen-bond acceptors (Lipinski definition) is 4. The second-order valence-corrected chi connectivity index (χ2v) is 4.11. The number of nitrogens with one attached hydrogen (secondary N) is 2. The lowest BCUT2D eigenvalue weighted by molar-refractivity contribution is -0.122. The van der Waals surface area contributed by atoms with Gasteiger partial charge in [-0.05, 0) is 19.4 Å². The van der Waals surface area contributed by atoms with Gasteiger partial charge in [-0.25, -0.2) is 0 Å². The van der Waals surface area contributed by atoms with E-state index in [1.54, 1.807) is 14.2 Å². The molecule has 2 N–H and O–H groups in total. The average molecular weight is 230 g/mol. The average Bonchev–Trinajstić information content (AvgIpc) is 2.76. The molecule has 1 heterocycles. The van der Waals surface area contributed by atoms with Crippen LogP contribution in [0.5, 0.6) is 0 Å². The van der Waals surface area contributed by atoms with Gasteiger partial charge in [0, 0.05) is 33.2 Å². The van der Waals surface area contributed by atoms with Crippen LogP contribution in [0.25, 0.3) is 0 Å². The van der Waals surface area contributed by atoms with Crippen LogP contribution in [-0.4, -0.2) is 52.0 Å². The van der Waals surface area contributed by atoms with Gasteiger partial charge < -0.3 is 20.1 Å². The first-order valence-corrected chi connectivity index (χ1v) is 5.78. The monoisotopic (exact) mass is 230 g/mol. The van der Waals surface area contributed by atoms with Gasteiger partial charge in [0.2, 0.25) is 5.91 Å². The van der Waals surface area contributed by atoms with Crippen LogP contribution in [0.2, 0.25) is 0 Å². The van der Waals surface area contributed by atoms with E-state index in [0.29, 0.717) is 25.6 Å². The van der Waals surface area contributed by atoms with E-state index in [9.17, 15) is 4.79 Å². The fraction of sp³-hybridized carbons (Fsp3) is 0.909. The van der Waals surface area contributed by atoms with Crippen LogP contribution < -0.4 is 10.6 Å². The van der Waals surface area contributed by atoms with Gasteiger partial charge in [0.05, 0.1) is 12.7 Å². The van der Waals surface area contributed by atoms with Gasteiger partial charge >= 0.3 is 0 Å². The molecule has 2 atom stereocenters. The molecule has 0 aliphatic carbocycles. The van der Waals surface area contributed by atoms with E-state index in [4.69, 9.17) is 9.47 Å². The summed E-state index contributed by atoms with van der Waals surface area (Å²) in [5.41, 5.74) is 0. The van der Waals surface area contributed by atoms with Crippen LogP contribution in [0, 0.1) is 0 Å². The molecule has 1 fully saturated rings. The van der Waals surface area contributed by atoms with Gasteiger partial charge in [0.15, 0.2) is 0 Å². The first kappa shape index (κ1) is 13.4. The van der Waals surface area contributed by atoms with Gasteiger partial charge in [-0.1, -0.05) is 0 Å². The summed E-state index contributed by atoms with van der Waals surface area (Å²) in [4.78, 5) is 11.6. The third kappa shape index (κ3) is 4.92. The molecule has 1 rings (SSSR count). The third-order valence-corrected chi connectivity index (χ3v) is 2.81. The lowest BCUT2D eigenvalue weighted by Crippen LogP contribution is -2.38. The fourth-order valence-electron chi connectivity index (χ4n) is 1.85. The van der Waals surface area contributed by atoms with Crippen molar-refractivity contribution in [1.29, 1.82) is 0 Å². The standard InChI is InChI=1S/C11H22N2O3/c1-15-8-10(16-2)7-13-11(14)6-9-4-3-5-12-9/h9-10,12H,3-8H2,1-2H3,(H,13,14). The van der Waals surface area contributed by atoms with Gasteiger partial charge in [0.1, 0.15) is 0 Å². The zero-order valence-electron chi connectivity index (χ0n) is 10.1. The Hall–Kier alpha value is -0.650. The van der Waals surface area contributed by atoms with Crippen LogP contribution in [0.15, 0.2) is 0 Å². The Morgan fingerprint density at radius 1 is 1.56 bits per heavy atom. The molecule has 2 unspecified atom stereocenters. The van der Waals surface area contributed by atoms with E-state index in [1.165, 1.54) is 6.42 Å². The number of methoxy groups -OCH3 is 2. The van der Waals surface area contributed by atoms with Gasteiger partial charge in [-0.15, -0.1) is 0 Å². The number of hydrogen-bond donors (Lipinski definition) is 2. The van der Waals surface area contributed by atoms with E-state index in [2.05, 4.69) is 10.6 Å². The summed E-state index contributed by atoms with van der Waals surface area (Å²) in [5, 5.41) is 6.16. The van der Waals surface area contributed by atoms with E-state index in [0.717, 1.165) is 13.0 Å². The highest BCUT2D eigenvalue weighted by Gasteiger charge is 2.18. The Morgan fingerprint density at radius 2 is 2.38 bits per heavy atom. The molecule has 5 heteroatoms. The van der Waals surface area contributed by atoms with Gasteiger partial charge in [0.25, 0.3) is 0 Å². The summed E-state index contributed by atoms with van der Waals surface area (Å²) in [6.45, 7) is 2.04. The molecular formula is C11H22N2O3. The molecule has 0 bridgehead atoms. The molecular weight excluding hydrogens is 208 g/mol. The SMILES string of the molecule is COCC(CNC(=O)CC1CCCN1)OC. The topological polar surface area (TPSA) is 59.6 Å². The molecule has 16 heavy (non-hydrogen) atoms. The number of rotatable bonds is 7. The molecule has 0 aromatic rings. The number of carbonyl (C=O) groups is 1. The Labute approximate surface area is 96.9 Å². The molecule has 1 aliphatic heterocycles. The largest absolute Gasteiger partial charge is 0.382 e. The predicted octanol–water partition coefficient (Wildman–Crippen LogP) is -0.0939. The molecule has 0 saturated carbocycles. The Kier molecular flexibility index (Phi) is 6.37. The molecule has 0 aromatic carbocycles. The van der Waals surface area contributed by atoms with Crippen molar-refractivity contribution < 1.29 is 14.3 Å². The molecule has 0 spiro atoms. The zero-order chi connectivity index (χ0) is 11.8. The predicted molar refractivity (Wildman–Crippen MR) is 61.3 cm³/mol. The van der Waals surface area contributed by atoms with Gasteiger partial charge in [-0.2, -0.15) is 0 Å². The maximum Gasteiger partial charge on any atom is 0.221 e. The second kappa shape index (κ2) is 7.60. The number of carbonyl (C=O) groups excluding carboxylic acids is 1. The highest BCUT2D eigenvalue weighted by atomic mass is 16.5. The minimum atomic E-state index is -0.0644. The lowest BCUT2D eigenvalue weighted by Gasteiger charge is -2.16. The highest BCUT2D eigenvalue weighted by molar-refractivity contribution is 5.76. The molecule has 1 saturated heterocycles. The first-order chi connectivity index (χ1) is 7.76. The quantitative estimate of drug-likeness (QED) is 0.641. The molecule has 0 aromatic heterocycles. The van der Waals surface area contributed by atoms with Crippen molar-refractivity contribution in [2.24, 2.45) is 0 Å². The first-order valence-electron chi connectivity index (χ1n) is 5.78. The minimum Gasteiger partial charge on any atom is -0.382 e. The van der Waals surface area contributed by atoms with E-state index in [1.807, 2.05) is 0 Å². The van der Waals surface area contributed by atoms with Crippen LogP contribution in [0.4, 0.5) is 0 Å². The normalized spacial score (nSPS) is 22.0. The highest BCUT2D eigenvalue weighted by Crippen LogP contribution is 2.08. The van der Waals surface area contributed by atoms with E-state index < -0.39 is 0 Å².